The Bertz CT molecular complexity index is 419. The molecule has 0 radical (unpaired) electrons. The Kier molecular flexibility index (Phi) is 6.07. The fourth-order valence-electron chi connectivity index (χ4n) is 2.49. The quantitative estimate of drug-likeness (QED) is 0.561. The first-order chi connectivity index (χ1) is 9.42. The van der Waals surface area contributed by atoms with Crippen LogP contribution >= 0.6 is 0 Å². The second kappa shape index (κ2) is 8.09. The van der Waals surface area contributed by atoms with E-state index in [4.69, 9.17) is 4.12 Å². The largest absolute Gasteiger partial charge is 0.468 e. The van der Waals surface area contributed by atoms with Crippen LogP contribution < -0.4 is 0 Å². The number of hydrogen-bond donors (Lipinski definition) is 0. The van der Waals surface area contributed by atoms with Crippen molar-refractivity contribution in [1.29, 1.82) is 0 Å². The van der Waals surface area contributed by atoms with Gasteiger partial charge in [-0.05, 0) is 23.6 Å². The van der Waals surface area contributed by atoms with Gasteiger partial charge in [0, 0.05) is 5.92 Å². The predicted octanol–water partition coefficient (Wildman–Crippen LogP) is 2.40. The summed E-state index contributed by atoms with van der Waals surface area (Å²) in [6.07, 6.45) is 2.51. The lowest BCUT2D eigenvalue weighted by atomic mass is 9.88. The zero-order valence-corrected chi connectivity index (χ0v) is 15.0. The molecule has 0 aliphatic carbocycles. The SMILES string of the molecule is [SiH3]O[SiH2]CCCC(c1ccccc1)c1ccccc1. The Morgan fingerprint density at radius 1 is 0.895 bits per heavy atom. The van der Waals surface area contributed by atoms with Gasteiger partial charge in [0.2, 0.25) is 0 Å². The van der Waals surface area contributed by atoms with Gasteiger partial charge in [0.1, 0.15) is 20.2 Å². The Morgan fingerprint density at radius 3 is 1.89 bits per heavy atom. The summed E-state index contributed by atoms with van der Waals surface area (Å²) in [4.78, 5) is 0. The van der Waals surface area contributed by atoms with Gasteiger partial charge in [0.15, 0.2) is 0 Å². The van der Waals surface area contributed by atoms with Crippen molar-refractivity contribution in [2.45, 2.75) is 24.8 Å². The van der Waals surface area contributed by atoms with Crippen molar-refractivity contribution in [1.82, 2.24) is 0 Å². The van der Waals surface area contributed by atoms with Gasteiger partial charge in [0.25, 0.3) is 0 Å². The second-order valence-electron chi connectivity index (χ2n) is 4.86. The van der Waals surface area contributed by atoms with Crippen molar-refractivity contribution >= 4 is 20.2 Å². The minimum atomic E-state index is -0.219. The van der Waals surface area contributed by atoms with E-state index in [1.165, 1.54) is 30.0 Å². The van der Waals surface area contributed by atoms with Gasteiger partial charge in [-0.15, -0.1) is 0 Å². The lowest BCUT2D eigenvalue weighted by molar-refractivity contribution is 0.635. The Labute approximate surface area is 121 Å². The van der Waals surface area contributed by atoms with Gasteiger partial charge < -0.3 is 4.12 Å². The molecule has 2 rings (SSSR count). The first kappa shape index (κ1) is 14.2. The molecule has 1 nitrogen and oxygen atoms in total. The van der Waals surface area contributed by atoms with Crippen LogP contribution in [-0.4, -0.2) is 20.2 Å². The molecule has 0 fully saturated rings. The second-order valence-corrected chi connectivity index (χ2v) is 8.29. The smallest absolute Gasteiger partial charge is 0.145 e. The highest BCUT2D eigenvalue weighted by atomic mass is 28.3. The molecule has 3 heteroatoms. The van der Waals surface area contributed by atoms with Crippen LogP contribution in [0.1, 0.15) is 29.9 Å². The molecule has 0 bridgehead atoms. The average Bonchev–Trinajstić information content (AvgIpc) is 2.49. The van der Waals surface area contributed by atoms with E-state index < -0.39 is 0 Å². The third-order valence-corrected chi connectivity index (χ3v) is 5.92. The molecule has 0 spiro atoms. The molecule has 2 aromatic carbocycles. The zero-order chi connectivity index (χ0) is 13.3. The molecule has 2 aromatic rings. The highest BCUT2D eigenvalue weighted by Crippen LogP contribution is 2.29. The van der Waals surface area contributed by atoms with E-state index >= 15 is 0 Å². The summed E-state index contributed by atoms with van der Waals surface area (Å²) in [7, 11) is 0.696. The molecule has 0 heterocycles. The Hall–Kier alpha value is -1.17. The molecule has 0 aromatic heterocycles. The highest BCUT2D eigenvalue weighted by Gasteiger charge is 2.12. The lowest BCUT2D eigenvalue weighted by Crippen LogP contribution is -2.02. The minimum absolute atomic E-state index is 0.219. The van der Waals surface area contributed by atoms with E-state index in [9.17, 15) is 0 Å². The molecule has 100 valence electrons. The van der Waals surface area contributed by atoms with Crippen LogP contribution in [0, 0.1) is 0 Å². The van der Waals surface area contributed by atoms with Crippen LogP contribution in [0.2, 0.25) is 6.04 Å². The first-order valence-electron chi connectivity index (χ1n) is 7.00. The van der Waals surface area contributed by atoms with Crippen molar-refractivity contribution in [2.24, 2.45) is 0 Å². The monoisotopic (exact) mass is 286 g/mol. The fourth-order valence-corrected chi connectivity index (χ4v) is 4.14. The van der Waals surface area contributed by atoms with E-state index in [0.717, 1.165) is 10.5 Å². The zero-order valence-electron chi connectivity index (χ0n) is 11.6. The predicted molar refractivity (Wildman–Crippen MR) is 88.3 cm³/mol. The molecule has 19 heavy (non-hydrogen) atoms. The van der Waals surface area contributed by atoms with Crippen LogP contribution in [0.3, 0.4) is 0 Å². The van der Waals surface area contributed by atoms with E-state index in [2.05, 4.69) is 60.7 Å². The van der Waals surface area contributed by atoms with E-state index in [1.54, 1.807) is 0 Å². The highest BCUT2D eigenvalue weighted by molar-refractivity contribution is 6.34. The molecule has 0 atom stereocenters. The van der Waals surface area contributed by atoms with Gasteiger partial charge in [-0.25, -0.2) is 0 Å². The maximum atomic E-state index is 5.41. The van der Waals surface area contributed by atoms with Crippen molar-refractivity contribution in [3.05, 3.63) is 71.8 Å². The van der Waals surface area contributed by atoms with Crippen molar-refractivity contribution in [3.63, 3.8) is 0 Å². The summed E-state index contributed by atoms with van der Waals surface area (Å²) in [5.41, 5.74) is 2.87. The van der Waals surface area contributed by atoms with Crippen molar-refractivity contribution < 1.29 is 4.12 Å². The Balaban J connectivity index is 2.10. The topological polar surface area (TPSA) is 9.23 Å². The van der Waals surface area contributed by atoms with Crippen molar-refractivity contribution in [3.8, 4) is 0 Å². The van der Waals surface area contributed by atoms with Crippen LogP contribution in [0.5, 0.6) is 0 Å². The minimum Gasteiger partial charge on any atom is -0.468 e. The number of benzene rings is 2. The van der Waals surface area contributed by atoms with E-state index in [1.807, 2.05) is 0 Å². The molecular formula is C16H22OSi2. The third kappa shape index (κ3) is 4.46. The van der Waals surface area contributed by atoms with E-state index in [0.29, 0.717) is 5.92 Å². The molecule has 0 saturated carbocycles. The van der Waals surface area contributed by atoms with Crippen LogP contribution in [0.4, 0.5) is 0 Å². The summed E-state index contributed by atoms with van der Waals surface area (Å²) >= 11 is 0. The number of hydrogen-bond acceptors (Lipinski definition) is 1. The number of rotatable bonds is 7. The van der Waals surface area contributed by atoms with Gasteiger partial charge in [0.05, 0.1) is 0 Å². The first-order valence-corrected chi connectivity index (χ1v) is 9.40. The molecule has 0 amide bonds. The third-order valence-electron chi connectivity index (χ3n) is 3.50. The van der Waals surface area contributed by atoms with Crippen LogP contribution in [-0.2, 0) is 4.12 Å². The maximum absolute atomic E-state index is 5.41. The summed E-state index contributed by atoms with van der Waals surface area (Å²) in [5, 5.41) is 0. The molecular weight excluding hydrogens is 264 g/mol. The molecule has 0 aliphatic rings. The molecule has 0 saturated heterocycles. The molecule has 0 N–H and O–H groups in total. The molecule has 0 unspecified atom stereocenters. The average molecular weight is 287 g/mol. The summed E-state index contributed by atoms with van der Waals surface area (Å²) in [5.74, 6) is 0.533. The van der Waals surface area contributed by atoms with Gasteiger partial charge in [-0.1, -0.05) is 67.1 Å². The van der Waals surface area contributed by atoms with Gasteiger partial charge >= 0.3 is 0 Å². The lowest BCUT2D eigenvalue weighted by Gasteiger charge is -2.18. The normalized spacial score (nSPS) is 11.6. The standard InChI is InChI=1S/C16H22OSi2/c18-17-19-13-7-12-16(14-8-3-1-4-9-14)15-10-5-2-6-11-15/h1-6,8-11,16H,7,12-13,19H2,18H3. The van der Waals surface area contributed by atoms with Gasteiger partial charge in [-0.3, -0.25) is 0 Å². The molecule has 0 aliphatic heterocycles. The van der Waals surface area contributed by atoms with Crippen LogP contribution in [0.25, 0.3) is 0 Å². The fraction of sp³-hybridized carbons (Fsp3) is 0.250. The summed E-state index contributed by atoms with van der Waals surface area (Å²) in [6.45, 7) is 0. The van der Waals surface area contributed by atoms with Crippen LogP contribution in [0.15, 0.2) is 60.7 Å². The Morgan fingerprint density at radius 2 is 1.42 bits per heavy atom. The maximum Gasteiger partial charge on any atom is 0.145 e. The van der Waals surface area contributed by atoms with E-state index in [-0.39, 0.29) is 9.76 Å². The van der Waals surface area contributed by atoms with Gasteiger partial charge in [-0.2, -0.15) is 0 Å². The van der Waals surface area contributed by atoms with Crippen molar-refractivity contribution in [2.75, 3.05) is 0 Å². The summed E-state index contributed by atoms with van der Waals surface area (Å²) < 4.78 is 5.41. The summed E-state index contributed by atoms with van der Waals surface area (Å²) in [6, 6.07) is 23.0.